The van der Waals surface area contributed by atoms with E-state index in [1.54, 1.807) is 0 Å². The summed E-state index contributed by atoms with van der Waals surface area (Å²) in [6.07, 6.45) is -0.161. The SMILES string of the molecule is CN[C@H](CO)C(=O)N[C@H](C)C(=O)N[C@@H](C)C(=O)N(C)[C@@H]1C(=O)NCC(=O)N[C@H](C(=O)O)Cc2ccc(O)c(c2)-c2cc1ccc2O. The van der Waals surface area contributed by atoms with Crippen molar-refractivity contribution in [1.82, 2.24) is 31.5 Å². The Balaban J connectivity index is 1.97. The van der Waals surface area contributed by atoms with Gasteiger partial charge in [-0.3, -0.25) is 24.0 Å². The van der Waals surface area contributed by atoms with Crippen LogP contribution in [-0.2, 0) is 35.2 Å². The molecule has 0 radical (unpaired) electrons. The zero-order chi connectivity index (χ0) is 34.3. The summed E-state index contributed by atoms with van der Waals surface area (Å²) in [6, 6.07) is 2.16. The molecule has 16 heteroatoms. The van der Waals surface area contributed by atoms with Crippen molar-refractivity contribution in [2.75, 3.05) is 27.2 Å². The van der Waals surface area contributed by atoms with Crippen molar-refractivity contribution in [2.45, 2.75) is 50.5 Å². The maximum absolute atomic E-state index is 13.6. The maximum atomic E-state index is 13.6. The Kier molecular flexibility index (Phi) is 11.6. The minimum Gasteiger partial charge on any atom is -0.507 e. The van der Waals surface area contributed by atoms with Crippen molar-refractivity contribution in [3.63, 3.8) is 0 Å². The number of hydrogen-bond acceptors (Lipinski definition) is 10. The Morgan fingerprint density at radius 1 is 0.957 bits per heavy atom. The van der Waals surface area contributed by atoms with E-state index < -0.39 is 78.9 Å². The number of likely N-dealkylation sites (N-methyl/N-ethyl adjacent to an activating group) is 2. The molecular weight excluding hydrogens is 604 g/mol. The first kappa shape index (κ1) is 35.3. The number of fused-ring (bicyclic) bond motifs is 5. The van der Waals surface area contributed by atoms with E-state index in [1.807, 2.05) is 0 Å². The van der Waals surface area contributed by atoms with E-state index in [-0.39, 0.29) is 34.6 Å². The number of amides is 5. The highest BCUT2D eigenvalue weighted by molar-refractivity contribution is 5.96. The predicted molar refractivity (Wildman–Crippen MR) is 162 cm³/mol. The van der Waals surface area contributed by atoms with E-state index >= 15 is 0 Å². The van der Waals surface area contributed by atoms with Gasteiger partial charge in [-0.1, -0.05) is 12.1 Å². The van der Waals surface area contributed by atoms with Crippen LogP contribution in [0.4, 0.5) is 0 Å². The average Bonchev–Trinajstić information content (AvgIpc) is 3.01. The number of aliphatic hydroxyl groups excluding tert-OH is 1. The summed E-state index contributed by atoms with van der Waals surface area (Å²) in [7, 11) is 2.74. The van der Waals surface area contributed by atoms with Gasteiger partial charge in [0.25, 0.3) is 0 Å². The van der Waals surface area contributed by atoms with Gasteiger partial charge >= 0.3 is 5.97 Å². The molecule has 0 fully saturated rings. The van der Waals surface area contributed by atoms with E-state index in [1.165, 1.54) is 64.3 Å². The largest absolute Gasteiger partial charge is 0.507 e. The lowest BCUT2D eigenvalue weighted by Crippen LogP contribution is -2.56. The van der Waals surface area contributed by atoms with E-state index in [4.69, 9.17) is 0 Å². The molecule has 0 saturated heterocycles. The smallest absolute Gasteiger partial charge is 0.326 e. The second kappa shape index (κ2) is 15.2. The van der Waals surface area contributed by atoms with E-state index in [2.05, 4.69) is 26.6 Å². The molecule has 0 aromatic heterocycles. The molecule has 0 spiro atoms. The Morgan fingerprint density at radius 2 is 1.57 bits per heavy atom. The third-order valence-corrected chi connectivity index (χ3v) is 7.50. The number of benzene rings is 2. The molecule has 46 heavy (non-hydrogen) atoms. The molecule has 1 heterocycles. The highest BCUT2D eigenvalue weighted by Gasteiger charge is 2.34. The topological polar surface area (TPSA) is 247 Å². The van der Waals surface area contributed by atoms with Crippen LogP contribution in [0.5, 0.6) is 11.5 Å². The number of aromatic hydroxyl groups is 2. The molecule has 0 saturated carbocycles. The van der Waals surface area contributed by atoms with E-state index in [0.29, 0.717) is 5.56 Å². The standard InChI is InChI=1S/C30H38N6O10/c1-14(33-27(42)21(13-37)31-3)26(41)34-15(2)29(44)36(4)25-17-6-8-23(39)19(11-17)18-9-16(5-7-22(18)38)10-20(30(45)46)35-24(40)12-32-28(25)43/h5-9,11,14-15,20-21,25,31,37-39H,10,12-13H2,1-4H3,(H,32,43)(H,33,42)(H,34,41)(H,35,40)(H,45,46)/t14-,15+,20+,21-,25+/m1/s1. The predicted octanol–water partition coefficient (Wildman–Crippen LogP) is -1.90. The number of hydrogen-bond donors (Lipinski definition) is 9. The van der Waals surface area contributed by atoms with Crippen LogP contribution >= 0.6 is 0 Å². The number of carboxylic acid groups (broad SMARTS) is 1. The molecule has 2 aromatic carbocycles. The monoisotopic (exact) mass is 642 g/mol. The van der Waals surface area contributed by atoms with Crippen molar-refractivity contribution in [1.29, 1.82) is 0 Å². The third-order valence-electron chi connectivity index (χ3n) is 7.50. The van der Waals surface area contributed by atoms with Crippen molar-refractivity contribution in [2.24, 2.45) is 0 Å². The maximum Gasteiger partial charge on any atom is 0.326 e. The van der Waals surface area contributed by atoms with Crippen LogP contribution in [0, 0.1) is 0 Å². The Bertz CT molecular complexity index is 1510. The van der Waals surface area contributed by atoms with Crippen molar-refractivity contribution < 1.29 is 49.2 Å². The zero-order valence-corrected chi connectivity index (χ0v) is 25.7. The highest BCUT2D eigenvalue weighted by Crippen LogP contribution is 2.38. The minimum atomic E-state index is -1.43. The van der Waals surface area contributed by atoms with Crippen LogP contribution in [-0.4, -0.2) is 112 Å². The lowest BCUT2D eigenvalue weighted by molar-refractivity contribution is -0.143. The minimum absolute atomic E-state index is 0.0807. The van der Waals surface area contributed by atoms with Crippen molar-refractivity contribution >= 4 is 35.5 Å². The Labute approximate surface area is 264 Å². The van der Waals surface area contributed by atoms with Crippen molar-refractivity contribution in [3.8, 4) is 22.6 Å². The molecule has 0 aliphatic carbocycles. The molecule has 248 valence electrons. The molecular formula is C30H38N6O10. The van der Waals surface area contributed by atoms with Crippen LogP contribution in [0.15, 0.2) is 36.4 Å². The first-order valence-electron chi connectivity index (χ1n) is 14.3. The number of phenolic OH excluding ortho intramolecular Hbond substituents is 2. The molecule has 4 bridgehead atoms. The molecule has 3 rings (SSSR count). The summed E-state index contributed by atoms with van der Waals surface area (Å²) < 4.78 is 0. The van der Waals surface area contributed by atoms with Gasteiger partial charge in [-0.15, -0.1) is 0 Å². The van der Waals surface area contributed by atoms with Crippen molar-refractivity contribution in [3.05, 3.63) is 47.5 Å². The third kappa shape index (κ3) is 8.28. The normalized spacial score (nSPS) is 18.5. The molecule has 1 aliphatic rings. The molecule has 1 aliphatic heterocycles. The zero-order valence-electron chi connectivity index (χ0n) is 25.7. The summed E-state index contributed by atoms with van der Waals surface area (Å²) in [4.78, 5) is 77.6. The second-order valence-electron chi connectivity index (χ2n) is 10.8. The van der Waals surface area contributed by atoms with Gasteiger partial charge < -0.3 is 51.9 Å². The van der Waals surface area contributed by atoms with Crippen LogP contribution in [0.2, 0.25) is 0 Å². The number of phenols is 2. The van der Waals surface area contributed by atoms with Gasteiger partial charge in [0.2, 0.25) is 29.5 Å². The number of carbonyl (C=O) groups excluding carboxylic acids is 5. The summed E-state index contributed by atoms with van der Waals surface area (Å²) >= 11 is 0. The number of carbonyl (C=O) groups is 6. The molecule has 5 atom stereocenters. The Morgan fingerprint density at radius 3 is 2.17 bits per heavy atom. The second-order valence-corrected chi connectivity index (χ2v) is 10.8. The molecule has 2 aromatic rings. The average molecular weight is 643 g/mol. The number of nitrogens with zero attached hydrogens (tertiary/aromatic N) is 1. The van der Waals surface area contributed by atoms with E-state index in [0.717, 1.165) is 4.90 Å². The summed E-state index contributed by atoms with van der Waals surface area (Å²) in [5.74, 6) is -5.64. The first-order valence-corrected chi connectivity index (χ1v) is 14.3. The lowest BCUT2D eigenvalue weighted by Gasteiger charge is -2.31. The number of aliphatic carboxylic acids is 1. The fraction of sp³-hybridized carbons (Fsp3) is 0.400. The van der Waals surface area contributed by atoms with Gasteiger partial charge in [0.05, 0.1) is 13.2 Å². The number of aliphatic hydroxyl groups is 1. The van der Waals surface area contributed by atoms with Gasteiger partial charge in [-0.05, 0) is 56.3 Å². The van der Waals surface area contributed by atoms with Crippen LogP contribution in [0.3, 0.4) is 0 Å². The lowest BCUT2D eigenvalue weighted by atomic mass is 9.94. The highest BCUT2D eigenvalue weighted by atomic mass is 16.4. The molecule has 5 amide bonds. The fourth-order valence-corrected chi connectivity index (χ4v) is 4.88. The van der Waals surface area contributed by atoms with Gasteiger partial charge in [0, 0.05) is 24.6 Å². The fourth-order valence-electron chi connectivity index (χ4n) is 4.88. The van der Waals surface area contributed by atoms with Gasteiger partial charge in [0.15, 0.2) is 0 Å². The van der Waals surface area contributed by atoms with Gasteiger partial charge in [0.1, 0.15) is 41.7 Å². The first-order chi connectivity index (χ1) is 21.7. The van der Waals surface area contributed by atoms with Gasteiger partial charge in [-0.25, -0.2) is 4.79 Å². The van der Waals surface area contributed by atoms with Crippen LogP contribution in [0.25, 0.3) is 11.1 Å². The number of carboxylic acids is 1. The summed E-state index contributed by atoms with van der Waals surface area (Å²) in [6.45, 7) is 1.61. The summed E-state index contributed by atoms with van der Waals surface area (Å²) in [5.41, 5.74) is 0.782. The molecule has 16 nitrogen and oxygen atoms in total. The molecule has 9 N–H and O–H groups in total. The molecule has 0 unspecified atom stereocenters. The summed E-state index contributed by atoms with van der Waals surface area (Å²) in [5, 5.41) is 52.5. The van der Waals surface area contributed by atoms with E-state index in [9.17, 15) is 49.2 Å². The quantitative estimate of drug-likeness (QED) is 0.146. The van der Waals surface area contributed by atoms with Crippen LogP contribution in [0.1, 0.15) is 31.0 Å². The Hall–Kier alpha value is -5.22. The number of rotatable bonds is 9. The number of nitrogens with one attached hydrogen (secondary N) is 5. The van der Waals surface area contributed by atoms with Gasteiger partial charge in [-0.2, -0.15) is 0 Å². The van der Waals surface area contributed by atoms with Crippen LogP contribution < -0.4 is 26.6 Å².